The number of aliphatic imine (C=N–C) groups is 1. The highest BCUT2D eigenvalue weighted by atomic mass is 32.1. The number of carbonyl (C=O) groups is 1. The number of hydrogen-bond donors (Lipinski definition) is 3. The number of benzene rings is 3. The maximum atomic E-state index is 13.7. The van der Waals surface area contributed by atoms with E-state index in [0.717, 1.165) is 28.1 Å². The average Bonchev–Trinajstić information content (AvgIpc) is 3.34. The van der Waals surface area contributed by atoms with Crippen LogP contribution in [0, 0.1) is 6.92 Å². The first-order chi connectivity index (χ1) is 18.5. The summed E-state index contributed by atoms with van der Waals surface area (Å²) < 4.78 is 20.5. The van der Waals surface area contributed by atoms with Crippen LogP contribution in [0.15, 0.2) is 78.0 Å². The predicted octanol–water partition coefficient (Wildman–Crippen LogP) is 7.38. The van der Waals surface area contributed by atoms with E-state index in [0.29, 0.717) is 23.2 Å². The molecule has 10 heteroatoms. The summed E-state index contributed by atoms with van der Waals surface area (Å²) in [5, 5.41) is 10.6. The van der Waals surface area contributed by atoms with Gasteiger partial charge in [0.2, 0.25) is 5.85 Å². The maximum Gasteiger partial charge on any atom is 0.347 e. The summed E-state index contributed by atoms with van der Waals surface area (Å²) in [6.07, 6.45) is 1.59. The van der Waals surface area contributed by atoms with Gasteiger partial charge in [-0.05, 0) is 78.6 Å². The Balaban J connectivity index is 1.39. The molecule has 4 aromatic rings. The minimum atomic E-state index is -1.76. The normalized spacial score (nSPS) is 11.9. The van der Waals surface area contributed by atoms with Crippen LogP contribution in [0.25, 0.3) is 17.1 Å². The van der Waals surface area contributed by atoms with E-state index in [1.165, 1.54) is 13.8 Å². The third-order valence-corrected chi connectivity index (χ3v) is 5.92. The molecule has 0 bridgehead atoms. The molecule has 2 amide bonds. The number of thiol groups is 1. The molecule has 202 valence electrons. The van der Waals surface area contributed by atoms with Gasteiger partial charge in [0.05, 0.1) is 5.69 Å². The van der Waals surface area contributed by atoms with E-state index < -0.39 is 11.9 Å². The first kappa shape index (κ1) is 27.8. The molecule has 1 aromatic heterocycles. The summed E-state index contributed by atoms with van der Waals surface area (Å²) in [6.45, 7) is 8.97. The molecule has 0 unspecified atom stereocenters. The van der Waals surface area contributed by atoms with Gasteiger partial charge >= 0.3 is 6.03 Å². The average molecular weight is 547 g/mol. The lowest BCUT2D eigenvalue weighted by Crippen LogP contribution is -2.20. The molecule has 1 heterocycles. The van der Waals surface area contributed by atoms with Crippen molar-refractivity contribution < 1.29 is 13.9 Å². The minimum absolute atomic E-state index is 0.194. The number of amides is 2. The van der Waals surface area contributed by atoms with Crippen molar-refractivity contribution in [2.45, 2.75) is 46.4 Å². The summed E-state index contributed by atoms with van der Waals surface area (Å²) in [5.41, 5.74) is 5.27. The molecule has 4 rings (SSSR count). The van der Waals surface area contributed by atoms with Crippen molar-refractivity contribution in [3.8, 4) is 22.8 Å². The first-order valence-electron chi connectivity index (χ1n) is 12.4. The zero-order chi connectivity index (χ0) is 28.2. The zero-order valence-corrected chi connectivity index (χ0v) is 23.3. The molecule has 0 aliphatic carbocycles. The molecule has 0 saturated heterocycles. The molecule has 0 aliphatic rings. The van der Waals surface area contributed by atoms with Gasteiger partial charge in [-0.3, -0.25) is 0 Å². The molecule has 3 aromatic carbocycles. The zero-order valence-electron chi connectivity index (χ0n) is 22.4. The van der Waals surface area contributed by atoms with E-state index in [2.05, 4.69) is 65.2 Å². The van der Waals surface area contributed by atoms with E-state index in [4.69, 9.17) is 4.74 Å². The topological polar surface area (TPSA) is 93.4 Å². The Kier molecular flexibility index (Phi) is 8.35. The second-order valence-electron chi connectivity index (χ2n) is 9.73. The molecule has 0 atom stereocenters. The van der Waals surface area contributed by atoms with Gasteiger partial charge in [-0.1, -0.05) is 26.0 Å². The van der Waals surface area contributed by atoms with Crippen LogP contribution in [0.4, 0.5) is 20.6 Å². The first-order valence-corrected chi connectivity index (χ1v) is 12.9. The third kappa shape index (κ3) is 7.44. The van der Waals surface area contributed by atoms with Gasteiger partial charge in [0, 0.05) is 30.8 Å². The Morgan fingerprint density at radius 2 is 1.74 bits per heavy atom. The third-order valence-electron chi connectivity index (χ3n) is 5.70. The monoisotopic (exact) mass is 546 g/mol. The van der Waals surface area contributed by atoms with Crippen LogP contribution in [0.3, 0.4) is 0 Å². The van der Waals surface area contributed by atoms with E-state index >= 15 is 0 Å². The number of nitrogens with one attached hydrogen (secondary N) is 2. The second kappa shape index (κ2) is 11.7. The van der Waals surface area contributed by atoms with E-state index in [-0.39, 0.29) is 5.17 Å². The van der Waals surface area contributed by atoms with Crippen molar-refractivity contribution in [3.05, 3.63) is 84.2 Å². The molecule has 0 fully saturated rings. The Hall–Kier alpha value is -4.18. The highest BCUT2D eigenvalue weighted by molar-refractivity contribution is 7.97. The van der Waals surface area contributed by atoms with Gasteiger partial charge in [-0.2, -0.15) is 9.38 Å². The number of carbonyl (C=O) groups excluding carboxylic acids is 1. The number of aryl methyl sites for hydroxylation is 1. The number of halogens is 1. The summed E-state index contributed by atoms with van der Waals surface area (Å²) in [4.78, 5) is 20.8. The van der Waals surface area contributed by atoms with Gasteiger partial charge in [0.25, 0.3) is 0 Å². The molecular formula is C29H31FN6O2S. The van der Waals surface area contributed by atoms with Crippen molar-refractivity contribution in [3.63, 3.8) is 0 Å². The molecule has 8 nitrogen and oxygen atoms in total. The quantitative estimate of drug-likeness (QED) is 0.128. The van der Waals surface area contributed by atoms with Crippen LogP contribution in [0.1, 0.15) is 44.7 Å². The van der Waals surface area contributed by atoms with E-state index in [1.54, 1.807) is 59.5 Å². The molecule has 39 heavy (non-hydrogen) atoms. The van der Waals surface area contributed by atoms with Gasteiger partial charge in [0.1, 0.15) is 12.1 Å². The highest BCUT2D eigenvalue weighted by Gasteiger charge is 2.17. The molecule has 2 N–H and O–H groups in total. The van der Waals surface area contributed by atoms with Crippen molar-refractivity contribution in [1.82, 2.24) is 14.8 Å². The van der Waals surface area contributed by atoms with Gasteiger partial charge in [-0.15, -0.1) is 17.7 Å². The van der Waals surface area contributed by atoms with Crippen LogP contribution in [-0.2, 0) is 0 Å². The molecule has 0 radical (unpaired) electrons. The fraction of sp³-hybridized carbons (Fsp3) is 0.241. The van der Waals surface area contributed by atoms with E-state index in [1.807, 2.05) is 12.1 Å². The maximum absolute atomic E-state index is 13.7. The molecule has 0 spiro atoms. The fourth-order valence-electron chi connectivity index (χ4n) is 4.12. The number of nitrogens with zero attached hydrogens (tertiary/aromatic N) is 4. The van der Waals surface area contributed by atoms with Crippen molar-refractivity contribution in [2.75, 3.05) is 10.6 Å². The van der Waals surface area contributed by atoms with Crippen molar-refractivity contribution in [2.24, 2.45) is 4.99 Å². The van der Waals surface area contributed by atoms with Crippen LogP contribution in [0.5, 0.6) is 5.75 Å². The Morgan fingerprint density at radius 3 is 2.38 bits per heavy atom. The van der Waals surface area contributed by atoms with Gasteiger partial charge in [-0.25, -0.2) is 14.5 Å². The predicted molar refractivity (Wildman–Crippen MR) is 157 cm³/mol. The van der Waals surface area contributed by atoms with Crippen molar-refractivity contribution >= 4 is 35.2 Å². The van der Waals surface area contributed by atoms with Crippen LogP contribution in [0.2, 0.25) is 0 Å². The van der Waals surface area contributed by atoms with Crippen LogP contribution < -0.4 is 15.4 Å². The lowest BCUT2D eigenvalue weighted by atomic mass is 9.96. The van der Waals surface area contributed by atoms with Crippen LogP contribution in [-0.4, -0.2) is 31.8 Å². The van der Waals surface area contributed by atoms with Gasteiger partial charge < -0.3 is 15.4 Å². The number of aromatic nitrogens is 3. The number of amidine groups is 1. The Bertz CT molecular complexity index is 1480. The fourth-order valence-corrected chi connectivity index (χ4v) is 4.33. The molecule has 0 aliphatic heterocycles. The number of rotatable bonds is 7. The Labute approximate surface area is 232 Å². The molecule has 0 saturated carbocycles. The summed E-state index contributed by atoms with van der Waals surface area (Å²) in [5.74, 6) is -0.523. The lowest BCUT2D eigenvalue weighted by Gasteiger charge is -2.17. The minimum Gasteiger partial charge on any atom is -0.459 e. The number of urea groups is 1. The van der Waals surface area contributed by atoms with Gasteiger partial charge in [0.15, 0.2) is 11.0 Å². The largest absolute Gasteiger partial charge is 0.459 e. The smallest absolute Gasteiger partial charge is 0.347 e. The number of anilines is 2. The Morgan fingerprint density at radius 1 is 1.05 bits per heavy atom. The summed E-state index contributed by atoms with van der Waals surface area (Å²) in [6, 6.07) is 19.4. The lowest BCUT2D eigenvalue weighted by molar-refractivity contribution is -0.0257. The number of hydrogen-bond acceptors (Lipinski definition) is 4. The number of ether oxygens (including phenoxy) is 1. The van der Waals surface area contributed by atoms with E-state index in [9.17, 15) is 9.18 Å². The highest BCUT2D eigenvalue weighted by Crippen LogP contribution is 2.28. The van der Waals surface area contributed by atoms with Crippen molar-refractivity contribution in [1.29, 1.82) is 0 Å². The van der Waals surface area contributed by atoms with Crippen LogP contribution >= 0.6 is 12.6 Å². The molecular weight excluding hydrogens is 515 g/mol. The SMILES string of the molecule is Cc1cccc(N/C(S)=N/C(=O)Nc2ccc(-c3ncn(-c4ccc(OC(C)(C)F)cc4)n3)cc2)c1C(C)C. The summed E-state index contributed by atoms with van der Waals surface area (Å²) in [7, 11) is 0. The summed E-state index contributed by atoms with van der Waals surface area (Å²) >= 11 is 4.35. The number of alkyl halides is 1. The standard InChI is InChI=1S/C29H31FN6O2S/c1-18(2)25-19(3)7-6-8-24(25)33-28(39)34-27(37)32-21-11-9-20(10-12-21)26-31-17-36(35-26)22-13-15-23(16-14-22)38-29(4,5)30/h6-18H,1-5H3,(H3,32,33,34,37,39). The second-order valence-corrected chi connectivity index (χ2v) is 10.2.